The van der Waals surface area contributed by atoms with E-state index in [1.807, 2.05) is 0 Å². The Morgan fingerprint density at radius 1 is 1.50 bits per heavy atom. The molecule has 1 atom stereocenters. The minimum Gasteiger partial charge on any atom is -0.482 e. The van der Waals surface area contributed by atoms with Crippen molar-refractivity contribution in [3.63, 3.8) is 0 Å². The standard InChI is InChI=1S/C13H14ClFN2O3/c14-10-5-9(15)1-2-11(10)20-7-12(18)17-4-3-8(6-17)13(16)19/h1-2,5,8H,3-4,6-7H2,(H2,16,19)/t8-/m1/s1. The Morgan fingerprint density at radius 3 is 2.85 bits per heavy atom. The summed E-state index contributed by atoms with van der Waals surface area (Å²) < 4.78 is 18.1. The minimum absolute atomic E-state index is 0.106. The van der Waals surface area contributed by atoms with Crippen LogP contribution in [0.25, 0.3) is 0 Å². The van der Waals surface area contributed by atoms with E-state index in [1.165, 1.54) is 17.0 Å². The number of ether oxygens (including phenoxy) is 1. The van der Waals surface area contributed by atoms with Crippen molar-refractivity contribution in [3.05, 3.63) is 29.0 Å². The Morgan fingerprint density at radius 2 is 2.25 bits per heavy atom. The first kappa shape index (κ1) is 14.6. The minimum atomic E-state index is -0.475. The molecule has 7 heteroatoms. The van der Waals surface area contributed by atoms with Gasteiger partial charge in [-0.2, -0.15) is 0 Å². The predicted octanol–water partition coefficient (Wildman–Crippen LogP) is 1.19. The van der Waals surface area contributed by atoms with Gasteiger partial charge in [-0.25, -0.2) is 4.39 Å². The molecule has 108 valence electrons. The van der Waals surface area contributed by atoms with Gasteiger partial charge in [-0.05, 0) is 24.6 Å². The third kappa shape index (κ3) is 3.39. The second kappa shape index (κ2) is 6.09. The van der Waals surface area contributed by atoms with Crippen molar-refractivity contribution in [3.8, 4) is 5.75 Å². The quantitative estimate of drug-likeness (QED) is 0.908. The van der Waals surface area contributed by atoms with E-state index in [-0.39, 0.29) is 29.2 Å². The van der Waals surface area contributed by atoms with Gasteiger partial charge in [-0.15, -0.1) is 0 Å². The second-order valence-corrected chi connectivity index (χ2v) is 5.00. The highest BCUT2D eigenvalue weighted by Gasteiger charge is 2.29. The molecule has 0 aromatic heterocycles. The third-order valence-corrected chi connectivity index (χ3v) is 3.48. The topological polar surface area (TPSA) is 72.6 Å². The Kier molecular flexibility index (Phi) is 4.44. The summed E-state index contributed by atoms with van der Waals surface area (Å²) in [4.78, 5) is 24.4. The molecule has 20 heavy (non-hydrogen) atoms. The predicted molar refractivity (Wildman–Crippen MR) is 70.8 cm³/mol. The fourth-order valence-electron chi connectivity index (χ4n) is 2.04. The van der Waals surface area contributed by atoms with E-state index in [2.05, 4.69) is 0 Å². The van der Waals surface area contributed by atoms with Gasteiger partial charge in [0, 0.05) is 13.1 Å². The molecule has 0 bridgehead atoms. The van der Waals surface area contributed by atoms with Crippen LogP contribution in [0.2, 0.25) is 5.02 Å². The monoisotopic (exact) mass is 300 g/mol. The Balaban J connectivity index is 1.88. The normalized spacial score (nSPS) is 18.1. The summed E-state index contributed by atoms with van der Waals surface area (Å²) in [6.45, 7) is 0.582. The highest BCUT2D eigenvalue weighted by atomic mass is 35.5. The number of hydrogen-bond donors (Lipinski definition) is 1. The molecule has 1 aliphatic heterocycles. The van der Waals surface area contributed by atoms with Crippen LogP contribution in [0.1, 0.15) is 6.42 Å². The van der Waals surface area contributed by atoms with Gasteiger partial charge in [0.25, 0.3) is 5.91 Å². The summed E-state index contributed by atoms with van der Waals surface area (Å²) in [7, 11) is 0. The first-order chi connectivity index (χ1) is 9.47. The van der Waals surface area contributed by atoms with Crippen LogP contribution >= 0.6 is 11.6 Å². The molecule has 0 unspecified atom stereocenters. The lowest BCUT2D eigenvalue weighted by atomic mass is 10.1. The smallest absolute Gasteiger partial charge is 0.260 e. The number of carbonyl (C=O) groups excluding carboxylic acids is 2. The zero-order chi connectivity index (χ0) is 14.7. The lowest BCUT2D eigenvalue weighted by Gasteiger charge is -2.16. The molecule has 1 fully saturated rings. The molecule has 1 saturated heterocycles. The van der Waals surface area contributed by atoms with Crippen LogP contribution in [0, 0.1) is 11.7 Å². The summed E-state index contributed by atoms with van der Waals surface area (Å²) >= 11 is 5.79. The molecule has 0 saturated carbocycles. The van der Waals surface area contributed by atoms with Gasteiger partial charge < -0.3 is 15.4 Å². The molecule has 1 aromatic carbocycles. The van der Waals surface area contributed by atoms with Crippen molar-refractivity contribution in [1.82, 2.24) is 4.90 Å². The van der Waals surface area contributed by atoms with E-state index in [1.54, 1.807) is 0 Å². The molecule has 0 spiro atoms. The van der Waals surface area contributed by atoms with E-state index >= 15 is 0 Å². The molecule has 2 N–H and O–H groups in total. The number of carbonyl (C=O) groups is 2. The number of nitrogens with zero attached hydrogens (tertiary/aromatic N) is 1. The summed E-state index contributed by atoms with van der Waals surface area (Å²) in [6, 6.07) is 3.67. The number of likely N-dealkylation sites (tertiary alicyclic amines) is 1. The molecule has 0 radical (unpaired) electrons. The van der Waals surface area contributed by atoms with Gasteiger partial charge in [-0.3, -0.25) is 9.59 Å². The van der Waals surface area contributed by atoms with Gasteiger partial charge in [0.1, 0.15) is 11.6 Å². The van der Waals surface area contributed by atoms with Crippen molar-refractivity contribution in [1.29, 1.82) is 0 Å². The van der Waals surface area contributed by atoms with E-state index in [0.717, 1.165) is 6.07 Å². The largest absolute Gasteiger partial charge is 0.482 e. The summed E-state index contributed by atoms with van der Waals surface area (Å²) in [5.41, 5.74) is 5.20. The number of hydrogen-bond acceptors (Lipinski definition) is 3. The average molecular weight is 301 g/mol. The molecule has 2 rings (SSSR count). The number of halogens is 2. The van der Waals surface area contributed by atoms with Crippen molar-refractivity contribution in [2.75, 3.05) is 19.7 Å². The fourth-order valence-corrected chi connectivity index (χ4v) is 2.26. The van der Waals surface area contributed by atoms with Gasteiger partial charge in [0.05, 0.1) is 10.9 Å². The van der Waals surface area contributed by atoms with Crippen LogP contribution in [0.3, 0.4) is 0 Å². The zero-order valence-corrected chi connectivity index (χ0v) is 11.4. The number of rotatable bonds is 4. The molecule has 1 aromatic rings. The van der Waals surface area contributed by atoms with Crippen LogP contribution in [0.5, 0.6) is 5.75 Å². The van der Waals surface area contributed by atoms with Crippen LogP contribution in [0.4, 0.5) is 4.39 Å². The number of nitrogens with two attached hydrogens (primary N) is 1. The fraction of sp³-hybridized carbons (Fsp3) is 0.385. The highest BCUT2D eigenvalue weighted by Crippen LogP contribution is 2.25. The molecule has 1 heterocycles. The maximum Gasteiger partial charge on any atom is 0.260 e. The van der Waals surface area contributed by atoms with E-state index in [0.29, 0.717) is 19.5 Å². The Hall–Kier alpha value is -1.82. The SMILES string of the molecule is NC(=O)[C@@H]1CCN(C(=O)COc2ccc(F)cc2Cl)C1. The molecule has 5 nitrogen and oxygen atoms in total. The van der Waals surface area contributed by atoms with E-state index < -0.39 is 11.7 Å². The zero-order valence-electron chi connectivity index (χ0n) is 10.6. The number of primary amides is 1. The van der Waals surface area contributed by atoms with Gasteiger partial charge in [0.15, 0.2) is 6.61 Å². The van der Waals surface area contributed by atoms with Crippen molar-refractivity contribution in [2.45, 2.75) is 6.42 Å². The first-order valence-electron chi connectivity index (χ1n) is 6.12. The number of amides is 2. The average Bonchev–Trinajstić information content (AvgIpc) is 2.87. The number of benzene rings is 1. The van der Waals surface area contributed by atoms with E-state index in [4.69, 9.17) is 22.1 Å². The second-order valence-electron chi connectivity index (χ2n) is 4.59. The van der Waals surface area contributed by atoms with Crippen molar-refractivity contribution in [2.24, 2.45) is 11.7 Å². The van der Waals surface area contributed by atoms with Crippen LogP contribution in [0.15, 0.2) is 18.2 Å². The lowest BCUT2D eigenvalue weighted by Crippen LogP contribution is -2.34. The maximum atomic E-state index is 12.9. The summed E-state index contributed by atoms with van der Waals surface area (Å²) in [5.74, 6) is -1.19. The highest BCUT2D eigenvalue weighted by molar-refractivity contribution is 6.32. The summed E-state index contributed by atoms with van der Waals surface area (Å²) in [6.07, 6.45) is 0.568. The van der Waals surface area contributed by atoms with Gasteiger partial charge >= 0.3 is 0 Å². The molecule has 0 aliphatic carbocycles. The van der Waals surface area contributed by atoms with Crippen LogP contribution in [-0.2, 0) is 9.59 Å². The third-order valence-electron chi connectivity index (χ3n) is 3.19. The molecule has 1 aliphatic rings. The Bertz CT molecular complexity index is 538. The van der Waals surface area contributed by atoms with E-state index in [9.17, 15) is 14.0 Å². The molecular weight excluding hydrogens is 287 g/mol. The van der Waals surface area contributed by atoms with Crippen LogP contribution in [-0.4, -0.2) is 36.4 Å². The van der Waals surface area contributed by atoms with Crippen molar-refractivity contribution < 1.29 is 18.7 Å². The molecule has 2 amide bonds. The molecular formula is C13H14ClFN2O3. The Labute approximate surface area is 120 Å². The van der Waals surface area contributed by atoms with Crippen molar-refractivity contribution >= 4 is 23.4 Å². The maximum absolute atomic E-state index is 12.9. The summed E-state index contributed by atoms with van der Waals surface area (Å²) in [5, 5.41) is 0.106. The first-order valence-corrected chi connectivity index (χ1v) is 6.50. The van der Waals surface area contributed by atoms with Gasteiger partial charge in [-0.1, -0.05) is 11.6 Å². The van der Waals surface area contributed by atoms with Crippen LogP contribution < -0.4 is 10.5 Å². The lowest BCUT2D eigenvalue weighted by molar-refractivity contribution is -0.132. The van der Waals surface area contributed by atoms with Gasteiger partial charge in [0.2, 0.25) is 5.91 Å².